The number of nitrogens with one attached hydrogen (secondary N) is 1. The Labute approximate surface area is 178 Å². The van der Waals surface area contributed by atoms with Crippen molar-refractivity contribution in [3.8, 4) is 0 Å². The van der Waals surface area contributed by atoms with Crippen LogP contribution in [0.1, 0.15) is 35.9 Å². The number of carbonyl (C=O) groups excluding carboxylic acids is 2. The van der Waals surface area contributed by atoms with Crippen LogP contribution in [0.3, 0.4) is 0 Å². The molecule has 8 heteroatoms. The lowest BCUT2D eigenvalue weighted by Gasteiger charge is -2.18. The van der Waals surface area contributed by atoms with Gasteiger partial charge in [-0.3, -0.25) is 14.3 Å². The number of amides is 1. The van der Waals surface area contributed by atoms with Gasteiger partial charge in [0.2, 0.25) is 5.91 Å². The summed E-state index contributed by atoms with van der Waals surface area (Å²) >= 11 is 0. The third-order valence-electron chi connectivity index (χ3n) is 5.08. The van der Waals surface area contributed by atoms with Crippen LogP contribution >= 0.6 is 0 Å². The number of nitrogens with zero attached hydrogens (tertiary/aromatic N) is 3. The number of rotatable bonds is 5. The Bertz CT molecular complexity index is 1370. The van der Waals surface area contributed by atoms with Crippen molar-refractivity contribution in [1.29, 1.82) is 0 Å². The fraction of sp³-hybridized carbons (Fsp3) is 0.217. The Morgan fingerprint density at radius 2 is 1.90 bits per heavy atom. The lowest BCUT2D eigenvalue weighted by atomic mass is 10.2. The van der Waals surface area contributed by atoms with Gasteiger partial charge in [-0.15, -0.1) is 0 Å². The van der Waals surface area contributed by atoms with Crippen molar-refractivity contribution in [1.82, 2.24) is 14.2 Å². The van der Waals surface area contributed by atoms with E-state index in [-0.39, 0.29) is 18.1 Å². The molecule has 0 aliphatic carbocycles. The minimum Gasteiger partial charge on any atom is -0.462 e. The first-order chi connectivity index (χ1) is 14.9. The molecule has 31 heavy (non-hydrogen) atoms. The van der Waals surface area contributed by atoms with Crippen molar-refractivity contribution < 1.29 is 14.3 Å². The molecule has 0 unspecified atom stereocenters. The highest BCUT2D eigenvalue weighted by Gasteiger charge is 2.22. The quantitative estimate of drug-likeness (QED) is 0.502. The lowest BCUT2D eigenvalue weighted by Crippen LogP contribution is -2.27. The molecular formula is C23H22N4O4. The minimum atomic E-state index is -0.628. The standard InChI is InChI=1S/C23H22N4O4/c1-4-31-23(30)16-8-7-9-17(13-16)24-22(29)15(3)27-19-11-6-5-10-18(19)21-25-20(28)12-14(2)26(21)27/h5-13,15H,4H2,1-3H3,(H,24,29)/t15-/m1/s1. The molecule has 0 spiro atoms. The summed E-state index contributed by atoms with van der Waals surface area (Å²) < 4.78 is 8.62. The summed E-state index contributed by atoms with van der Waals surface area (Å²) in [5.41, 5.74) is 2.49. The van der Waals surface area contributed by atoms with Gasteiger partial charge in [0.25, 0.3) is 5.56 Å². The predicted molar refractivity (Wildman–Crippen MR) is 117 cm³/mol. The van der Waals surface area contributed by atoms with Crippen LogP contribution < -0.4 is 10.9 Å². The molecule has 0 saturated carbocycles. The number of fused-ring (bicyclic) bond motifs is 3. The maximum Gasteiger partial charge on any atom is 0.338 e. The lowest BCUT2D eigenvalue weighted by molar-refractivity contribution is -0.119. The Morgan fingerprint density at radius 1 is 1.13 bits per heavy atom. The molecule has 1 amide bonds. The number of esters is 1. The van der Waals surface area contributed by atoms with E-state index >= 15 is 0 Å². The Kier molecular flexibility index (Phi) is 5.29. The molecule has 0 aliphatic rings. The summed E-state index contributed by atoms with van der Waals surface area (Å²) in [4.78, 5) is 41.3. The van der Waals surface area contributed by atoms with E-state index in [9.17, 15) is 14.4 Å². The molecule has 0 radical (unpaired) electrons. The summed E-state index contributed by atoms with van der Waals surface area (Å²) in [6, 6.07) is 14.9. The van der Waals surface area contributed by atoms with Crippen molar-refractivity contribution in [2.24, 2.45) is 0 Å². The number of para-hydroxylation sites is 1. The highest BCUT2D eigenvalue weighted by atomic mass is 16.5. The van der Waals surface area contributed by atoms with E-state index in [2.05, 4.69) is 10.3 Å². The third-order valence-corrected chi connectivity index (χ3v) is 5.08. The van der Waals surface area contributed by atoms with Crippen LogP contribution in [0.2, 0.25) is 0 Å². The average molecular weight is 418 g/mol. The fourth-order valence-electron chi connectivity index (χ4n) is 3.69. The molecular weight excluding hydrogens is 396 g/mol. The summed E-state index contributed by atoms with van der Waals surface area (Å²) in [6.45, 7) is 5.59. The smallest absolute Gasteiger partial charge is 0.338 e. The van der Waals surface area contributed by atoms with E-state index < -0.39 is 12.0 Å². The van der Waals surface area contributed by atoms with E-state index in [1.807, 2.05) is 28.9 Å². The SMILES string of the molecule is CCOC(=O)c1cccc(NC(=O)[C@@H](C)n2c3ccccc3c3nc(=O)cc(C)n32)c1. The van der Waals surface area contributed by atoms with Crippen LogP contribution in [0.5, 0.6) is 0 Å². The first kappa shape index (κ1) is 20.3. The van der Waals surface area contributed by atoms with Gasteiger partial charge < -0.3 is 10.1 Å². The third kappa shape index (κ3) is 3.68. The zero-order valence-electron chi connectivity index (χ0n) is 17.5. The van der Waals surface area contributed by atoms with Gasteiger partial charge in [0.05, 0.1) is 17.7 Å². The molecule has 0 saturated heterocycles. The zero-order valence-corrected chi connectivity index (χ0v) is 17.5. The number of aromatic nitrogens is 3. The van der Waals surface area contributed by atoms with Crippen molar-refractivity contribution in [2.45, 2.75) is 26.8 Å². The maximum atomic E-state index is 13.1. The van der Waals surface area contributed by atoms with Crippen LogP contribution in [0, 0.1) is 6.92 Å². The molecule has 0 bridgehead atoms. The number of hydrogen-bond acceptors (Lipinski definition) is 5. The molecule has 1 atom stereocenters. The molecule has 0 aliphatic heterocycles. The summed E-state index contributed by atoms with van der Waals surface area (Å²) in [5.74, 6) is -0.721. The van der Waals surface area contributed by atoms with Crippen molar-refractivity contribution >= 4 is 34.1 Å². The highest BCUT2D eigenvalue weighted by molar-refractivity contribution is 5.98. The molecule has 4 rings (SSSR count). The Morgan fingerprint density at radius 3 is 2.68 bits per heavy atom. The largest absolute Gasteiger partial charge is 0.462 e. The summed E-state index contributed by atoms with van der Waals surface area (Å²) in [7, 11) is 0. The number of aryl methyl sites for hydroxylation is 1. The van der Waals surface area contributed by atoms with E-state index in [4.69, 9.17) is 4.74 Å². The molecule has 4 aromatic rings. The highest BCUT2D eigenvalue weighted by Crippen LogP contribution is 2.25. The normalized spacial score (nSPS) is 12.1. The summed E-state index contributed by atoms with van der Waals surface area (Å²) in [5, 5.41) is 3.65. The number of ether oxygens (including phenoxy) is 1. The molecule has 0 fully saturated rings. The molecule has 2 aromatic carbocycles. The van der Waals surface area contributed by atoms with Crippen LogP contribution in [0.15, 0.2) is 59.4 Å². The second-order valence-electron chi connectivity index (χ2n) is 7.20. The molecule has 8 nitrogen and oxygen atoms in total. The first-order valence-electron chi connectivity index (χ1n) is 9.98. The predicted octanol–water partition coefficient (Wildman–Crippen LogP) is 3.33. The van der Waals surface area contributed by atoms with Gasteiger partial charge in [-0.1, -0.05) is 18.2 Å². The van der Waals surface area contributed by atoms with Crippen molar-refractivity contribution in [3.05, 3.63) is 76.2 Å². The number of benzene rings is 2. The van der Waals surface area contributed by atoms with Gasteiger partial charge in [-0.05, 0) is 51.1 Å². The number of hydrogen-bond donors (Lipinski definition) is 1. The number of carbonyl (C=O) groups is 2. The zero-order chi connectivity index (χ0) is 22.1. The fourth-order valence-corrected chi connectivity index (χ4v) is 3.69. The minimum absolute atomic E-state index is 0.274. The van der Waals surface area contributed by atoms with E-state index in [0.29, 0.717) is 22.6 Å². The van der Waals surface area contributed by atoms with Crippen LogP contribution in [-0.4, -0.2) is 32.7 Å². The van der Waals surface area contributed by atoms with Crippen LogP contribution in [-0.2, 0) is 9.53 Å². The Balaban J connectivity index is 1.74. The second kappa shape index (κ2) is 8.06. The van der Waals surface area contributed by atoms with Crippen LogP contribution in [0.25, 0.3) is 16.6 Å². The van der Waals surface area contributed by atoms with E-state index in [1.54, 1.807) is 49.6 Å². The van der Waals surface area contributed by atoms with Crippen molar-refractivity contribution in [2.75, 3.05) is 11.9 Å². The first-order valence-corrected chi connectivity index (χ1v) is 9.98. The van der Waals surface area contributed by atoms with Gasteiger partial charge in [-0.25, -0.2) is 9.31 Å². The molecule has 1 N–H and O–H groups in total. The topological polar surface area (TPSA) is 94.7 Å². The Hall–Kier alpha value is -3.94. The van der Waals surface area contributed by atoms with Crippen molar-refractivity contribution in [3.63, 3.8) is 0 Å². The van der Waals surface area contributed by atoms with Gasteiger partial charge in [0.15, 0.2) is 5.65 Å². The summed E-state index contributed by atoms with van der Waals surface area (Å²) in [6.07, 6.45) is 0. The average Bonchev–Trinajstić information content (AvgIpc) is 3.08. The van der Waals surface area contributed by atoms with Gasteiger partial charge >= 0.3 is 5.97 Å². The second-order valence-corrected chi connectivity index (χ2v) is 7.20. The van der Waals surface area contributed by atoms with Crippen LogP contribution in [0.4, 0.5) is 5.69 Å². The number of anilines is 1. The monoisotopic (exact) mass is 418 g/mol. The van der Waals surface area contributed by atoms with E-state index in [1.165, 1.54) is 6.07 Å². The van der Waals surface area contributed by atoms with Gasteiger partial charge in [0.1, 0.15) is 6.04 Å². The van der Waals surface area contributed by atoms with E-state index in [0.717, 1.165) is 10.9 Å². The molecule has 2 heterocycles. The molecule has 2 aromatic heterocycles. The maximum absolute atomic E-state index is 13.1. The van der Waals surface area contributed by atoms with Gasteiger partial charge in [-0.2, -0.15) is 4.98 Å². The van der Waals surface area contributed by atoms with Gasteiger partial charge in [0, 0.05) is 22.8 Å². The molecule has 158 valence electrons.